The Kier molecular flexibility index (Phi) is 2.07. The number of amides is 1. The Morgan fingerprint density at radius 2 is 2.38 bits per heavy atom. The van der Waals surface area contributed by atoms with Crippen LogP contribution in [0.1, 0.15) is 19.8 Å². The van der Waals surface area contributed by atoms with Crippen molar-refractivity contribution in [3.8, 4) is 0 Å². The number of nitrogens with one attached hydrogen (secondary N) is 1. The predicted molar refractivity (Wildman–Crippen MR) is 47.2 cm³/mol. The fourth-order valence-electron chi connectivity index (χ4n) is 2.30. The number of rotatable bonds is 1. The molecule has 0 saturated carbocycles. The largest absolute Gasteiger partial charge is 0.353 e. The van der Waals surface area contributed by atoms with Crippen LogP contribution in [0.4, 0.5) is 0 Å². The molecule has 0 aromatic heterocycles. The van der Waals surface area contributed by atoms with Crippen molar-refractivity contribution in [3.05, 3.63) is 0 Å². The van der Waals surface area contributed by atoms with Crippen LogP contribution in [0.2, 0.25) is 0 Å². The van der Waals surface area contributed by atoms with Crippen molar-refractivity contribution in [1.29, 1.82) is 0 Å². The monoisotopic (exact) mass is 182 g/mol. The number of piperazine rings is 1. The molecular weight excluding hydrogens is 168 g/mol. The van der Waals surface area contributed by atoms with Gasteiger partial charge in [-0.15, -0.1) is 0 Å². The third kappa shape index (κ3) is 1.35. The lowest BCUT2D eigenvalue weighted by Gasteiger charge is -2.35. The average molecular weight is 182 g/mol. The number of carbonyl (C=O) groups excluding carboxylic acids is 2. The Balaban J connectivity index is 2.20. The van der Waals surface area contributed by atoms with Crippen molar-refractivity contribution in [2.45, 2.75) is 31.8 Å². The van der Waals surface area contributed by atoms with Crippen molar-refractivity contribution < 1.29 is 9.59 Å². The fraction of sp³-hybridized carbons (Fsp3) is 0.778. The van der Waals surface area contributed by atoms with Gasteiger partial charge in [0.05, 0.1) is 0 Å². The molecule has 1 amide bonds. The molecule has 2 heterocycles. The molecule has 4 heteroatoms. The van der Waals surface area contributed by atoms with Gasteiger partial charge in [0.1, 0.15) is 6.04 Å². The van der Waals surface area contributed by atoms with Crippen LogP contribution in [0.5, 0.6) is 0 Å². The summed E-state index contributed by atoms with van der Waals surface area (Å²) in [7, 11) is 0. The molecule has 0 aliphatic carbocycles. The van der Waals surface area contributed by atoms with E-state index in [-0.39, 0.29) is 11.7 Å². The SMILES string of the molecule is CC(=O)C1C(=O)NCC2CCCN21. The first-order valence-electron chi connectivity index (χ1n) is 4.74. The molecule has 2 fully saturated rings. The summed E-state index contributed by atoms with van der Waals surface area (Å²) < 4.78 is 0. The van der Waals surface area contributed by atoms with Crippen molar-refractivity contribution in [3.63, 3.8) is 0 Å². The van der Waals surface area contributed by atoms with Gasteiger partial charge in [-0.3, -0.25) is 14.5 Å². The maximum absolute atomic E-state index is 11.4. The van der Waals surface area contributed by atoms with E-state index in [4.69, 9.17) is 0 Å². The summed E-state index contributed by atoms with van der Waals surface area (Å²) in [6, 6.07) is -0.118. The topological polar surface area (TPSA) is 49.4 Å². The minimum atomic E-state index is -0.513. The van der Waals surface area contributed by atoms with E-state index < -0.39 is 6.04 Å². The summed E-state index contributed by atoms with van der Waals surface area (Å²) >= 11 is 0. The molecule has 2 rings (SSSR count). The van der Waals surface area contributed by atoms with Crippen molar-refractivity contribution in [2.24, 2.45) is 0 Å². The molecule has 0 bridgehead atoms. The van der Waals surface area contributed by atoms with E-state index in [1.807, 2.05) is 4.90 Å². The molecule has 13 heavy (non-hydrogen) atoms. The smallest absolute Gasteiger partial charge is 0.245 e. The minimum Gasteiger partial charge on any atom is -0.353 e. The lowest BCUT2D eigenvalue weighted by Crippen LogP contribution is -2.60. The first kappa shape index (κ1) is 8.69. The summed E-state index contributed by atoms with van der Waals surface area (Å²) in [4.78, 5) is 24.7. The summed E-state index contributed by atoms with van der Waals surface area (Å²) in [6.45, 7) is 3.09. The quantitative estimate of drug-likeness (QED) is 0.558. The summed E-state index contributed by atoms with van der Waals surface area (Å²) in [5.74, 6) is -0.158. The zero-order valence-electron chi connectivity index (χ0n) is 7.75. The number of fused-ring (bicyclic) bond motifs is 1. The van der Waals surface area contributed by atoms with E-state index in [0.717, 1.165) is 19.4 Å². The van der Waals surface area contributed by atoms with E-state index in [2.05, 4.69) is 5.32 Å². The van der Waals surface area contributed by atoms with E-state index in [1.165, 1.54) is 6.92 Å². The van der Waals surface area contributed by atoms with Crippen LogP contribution >= 0.6 is 0 Å². The number of ketones is 1. The second-order valence-corrected chi connectivity index (χ2v) is 3.79. The maximum atomic E-state index is 11.4. The van der Waals surface area contributed by atoms with E-state index >= 15 is 0 Å². The zero-order valence-corrected chi connectivity index (χ0v) is 7.75. The third-order valence-electron chi connectivity index (χ3n) is 2.90. The van der Waals surface area contributed by atoms with Crippen molar-refractivity contribution >= 4 is 11.7 Å². The number of hydrogen-bond donors (Lipinski definition) is 1. The maximum Gasteiger partial charge on any atom is 0.245 e. The first-order chi connectivity index (χ1) is 6.20. The Hall–Kier alpha value is -0.900. The molecule has 72 valence electrons. The Morgan fingerprint density at radius 3 is 3.08 bits per heavy atom. The molecule has 4 nitrogen and oxygen atoms in total. The van der Waals surface area contributed by atoms with Crippen molar-refractivity contribution in [1.82, 2.24) is 10.2 Å². The van der Waals surface area contributed by atoms with Crippen LogP contribution in [0, 0.1) is 0 Å². The first-order valence-corrected chi connectivity index (χ1v) is 4.74. The van der Waals surface area contributed by atoms with Gasteiger partial charge in [0.25, 0.3) is 0 Å². The molecule has 2 aliphatic rings. The van der Waals surface area contributed by atoms with Gasteiger partial charge in [-0.05, 0) is 26.3 Å². The van der Waals surface area contributed by atoms with Crippen LogP contribution in [-0.4, -0.2) is 41.8 Å². The highest BCUT2D eigenvalue weighted by Gasteiger charge is 2.40. The fourth-order valence-corrected chi connectivity index (χ4v) is 2.30. The second kappa shape index (κ2) is 3.10. The molecule has 0 aromatic rings. The standard InChI is InChI=1S/C9H14N2O2/c1-6(12)8-9(13)10-5-7-3-2-4-11(7)8/h7-8H,2-5H2,1H3,(H,10,13). The van der Waals surface area contributed by atoms with Gasteiger partial charge in [-0.2, -0.15) is 0 Å². The lowest BCUT2D eigenvalue weighted by atomic mass is 10.1. The minimum absolute atomic E-state index is 0.0379. The van der Waals surface area contributed by atoms with Gasteiger partial charge < -0.3 is 5.32 Å². The molecule has 2 aliphatic heterocycles. The third-order valence-corrected chi connectivity index (χ3v) is 2.90. The van der Waals surface area contributed by atoms with Gasteiger partial charge in [0, 0.05) is 12.6 Å². The Labute approximate surface area is 77.3 Å². The predicted octanol–water partition coefficient (Wildman–Crippen LogP) is -0.462. The second-order valence-electron chi connectivity index (χ2n) is 3.79. The highest BCUT2D eigenvalue weighted by atomic mass is 16.2. The van der Waals surface area contributed by atoms with Gasteiger partial charge in [0.15, 0.2) is 5.78 Å². The molecule has 2 atom stereocenters. The molecule has 0 aromatic carbocycles. The molecule has 1 N–H and O–H groups in total. The van der Waals surface area contributed by atoms with Gasteiger partial charge >= 0.3 is 0 Å². The lowest BCUT2D eigenvalue weighted by molar-refractivity contribution is -0.138. The number of nitrogens with zero attached hydrogens (tertiary/aromatic N) is 1. The number of hydrogen-bond acceptors (Lipinski definition) is 3. The summed E-state index contributed by atoms with van der Waals surface area (Å²) in [5, 5.41) is 2.78. The van der Waals surface area contributed by atoms with E-state index in [9.17, 15) is 9.59 Å². The van der Waals surface area contributed by atoms with Gasteiger partial charge in [-0.1, -0.05) is 0 Å². The van der Waals surface area contributed by atoms with Crippen molar-refractivity contribution in [2.75, 3.05) is 13.1 Å². The van der Waals surface area contributed by atoms with Crippen LogP contribution in [-0.2, 0) is 9.59 Å². The van der Waals surface area contributed by atoms with Crippen LogP contribution in [0.25, 0.3) is 0 Å². The Morgan fingerprint density at radius 1 is 1.62 bits per heavy atom. The molecule has 2 unspecified atom stereocenters. The summed E-state index contributed by atoms with van der Waals surface area (Å²) in [5.41, 5.74) is 0. The molecule has 0 radical (unpaired) electrons. The van der Waals surface area contributed by atoms with Crippen LogP contribution in [0.15, 0.2) is 0 Å². The van der Waals surface area contributed by atoms with E-state index in [0.29, 0.717) is 12.6 Å². The molecule has 2 saturated heterocycles. The Bertz CT molecular complexity index is 252. The number of carbonyl (C=O) groups is 2. The van der Waals surface area contributed by atoms with E-state index in [1.54, 1.807) is 0 Å². The van der Waals surface area contributed by atoms with Gasteiger partial charge in [-0.25, -0.2) is 0 Å². The highest BCUT2D eigenvalue weighted by Crippen LogP contribution is 2.22. The number of Topliss-reactive ketones (excluding diaryl/α,β-unsaturated/α-hetero) is 1. The summed E-state index contributed by atoms with van der Waals surface area (Å²) in [6.07, 6.45) is 2.20. The molecule has 0 spiro atoms. The van der Waals surface area contributed by atoms with Crippen LogP contribution < -0.4 is 5.32 Å². The molecular formula is C9H14N2O2. The van der Waals surface area contributed by atoms with Gasteiger partial charge in [0.2, 0.25) is 5.91 Å². The zero-order chi connectivity index (χ0) is 9.42. The highest BCUT2D eigenvalue weighted by molar-refractivity contribution is 6.04. The van der Waals surface area contributed by atoms with Crippen LogP contribution in [0.3, 0.4) is 0 Å². The average Bonchev–Trinajstić information content (AvgIpc) is 2.50. The normalized spacial score (nSPS) is 34.1.